The summed E-state index contributed by atoms with van der Waals surface area (Å²) in [5.74, 6) is -0.592. The van der Waals surface area contributed by atoms with Crippen LogP contribution in [0.2, 0.25) is 0 Å². The van der Waals surface area contributed by atoms with Crippen molar-refractivity contribution in [3.05, 3.63) is 25.8 Å². The Bertz CT molecular complexity index is 888. The molecule has 1 unspecified atom stereocenters. The molecule has 1 saturated heterocycles. The summed E-state index contributed by atoms with van der Waals surface area (Å²) in [4.78, 5) is 23.6. The van der Waals surface area contributed by atoms with Gasteiger partial charge in [0.15, 0.2) is 23.4 Å². The lowest BCUT2D eigenvalue weighted by molar-refractivity contribution is 0.246. The van der Waals surface area contributed by atoms with Crippen LogP contribution < -0.4 is 11.2 Å². The Hall–Kier alpha value is -0.630. The number of aromatic nitrogens is 4. The Balaban J connectivity index is 1.92. The SMILES string of the molecule is O=c1c(N=Nc2nnc(C3COSO3)s2)c(O)n(I)c(=O)n1I. The molecule has 0 spiro atoms. The highest BCUT2D eigenvalue weighted by molar-refractivity contribution is 14.1. The van der Waals surface area contributed by atoms with Gasteiger partial charge in [0.05, 0.1) is 52.3 Å². The number of azo groups is 1. The third kappa shape index (κ3) is 3.43. The summed E-state index contributed by atoms with van der Waals surface area (Å²) in [6.07, 6.45) is -0.335. The molecule has 0 radical (unpaired) electrons. The fourth-order valence-corrected chi connectivity index (χ4v) is 3.94. The summed E-state index contributed by atoms with van der Waals surface area (Å²) < 4.78 is 11.8. The van der Waals surface area contributed by atoms with Gasteiger partial charge in [0.1, 0.15) is 0 Å². The maximum atomic E-state index is 12.0. The number of halogens is 2. The molecule has 15 heteroatoms. The van der Waals surface area contributed by atoms with Crippen LogP contribution in [0.5, 0.6) is 5.88 Å². The molecule has 23 heavy (non-hydrogen) atoms. The molecule has 0 aromatic carbocycles. The van der Waals surface area contributed by atoms with E-state index < -0.39 is 17.1 Å². The predicted molar refractivity (Wildman–Crippen MR) is 96.9 cm³/mol. The van der Waals surface area contributed by atoms with Crippen molar-refractivity contribution in [3.63, 3.8) is 0 Å². The molecular formula is C8H4I2N6O5S2. The minimum Gasteiger partial charge on any atom is -0.492 e. The largest absolute Gasteiger partial charge is 0.492 e. The molecule has 0 saturated carbocycles. The molecule has 1 atom stereocenters. The van der Waals surface area contributed by atoms with Crippen molar-refractivity contribution in [1.82, 2.24) is 15.8 Å². The van der Waals surface area contributed by atoms with E-state index in [4.69, 9.17) is 8.37 Å². The third-order valence-electron chi connectivity index (χ3n) is 2.48. The molecule has 0 aliphatic carbocycles. The number of aromatic hydroxyl groups is 1. The number of rotatable bonds is 3. The van der Waals surface area contributed by atoms with Gasteiger partial charge in [-0.2, -0.15) is 5.56 Å². The molecule has 3 heterocycles. The summed E-state index contributed by atoms with van der Waals surface area (Å²) in [7, 11) is 0. The van der Waals surface area contributed by atoms with Gasteiger partial charge in [-0.1, -0.05) is 11.3 Å². The molecule has 1 aliphatic heterocycles. The van der Waals surface area contributed by atoms with Gasteiger partial charge in [-0.15, -0.1) is 20.4 Å². The molecule has 3 rings (SSSR count). The second-order valence-corrected chi connectivity index (χ2v) is 7.36. The van der Waals surface area contributed by atoms with Crippen molar-refractivity contribution < 1.29 is 13.5 Å². The van der Waals surface area contributed by atoms with Crippen LogP contribution in [0.3, 0.4) is 0 Å². The molecular weight excluding hydrogens is 578 g/mol. The van der Waals surface area contributed by atoms with Crippen LogP contribution in [0.15, 0.2) is 19.8 Å². The molecule has 0 bridgehead atoms. The van der Waals surface area contributed by atoms with Crippen LogP contribution in [0.4, 0.5) is 10.8 Å². The lowest BCUT2D eigenvalue weighted by Gasteiger charge is -2.02. The fourth-order valence-electron chi connectivity index (χ4n) is 1.42. The Morgan fingerprint density at radius 3 is 2.74 bits per heavy atom. The quantitative estimate of drug-likeness (QED) is 0.331. The van der Waals surface area contributed by atoms with Gasteiger partial charge in [0.2, 0.25) is 11.6 Å². The van der Waals surface area contributed by atoms with E-state index in [1.165, 1.54) is 22.9 Å². The minimum absolute atomic E-state index is 0.172. The van der Waals surface area contributed by atoms with Gasteiger partial charge >= 0.3 is 5.69 Å². The van der Waals surface area contributed by atoms with Crippen LogP contribution in [0, 0.1) is 0 Å². The van der Waals surface area contributed by atoms with Gasteiger partial charge in [0, 0.05) is 0 Å². The van der Waals surface area contributed by atoms with Crippen molar-refractivity contribution in [3.8, 4) is 5.88 Å². The lowest BCUT2D eigenvalue weighted by atomic mass is 10.4. The summed E-state index contributed by atoms with van der Waals surface area (Å²) in [5.41, 5.74) is -1.85. The van der Waals surface area contributed by atoms with E-state index in [-0.39, 0.29) is 16.9 Å². The predicted octanol–water partition coefficient (Wildman–Crippen LogP) is 2.03. The lowest BCUT2D eigenvalue weighted by Crippen LogP contribution is -2.31. The van der Waals surface area contributed by atoms with Crippen LogP contribution in [0.1, 0.15) is 11.1 Å². The molecule has 1 aliphatic rings. The normalized spacial score (nSPS) is 18.1. The minimum atomic E-state index is -0.779. The highest BCUT2D eigenvalue weighted by atomic mass is 127. The van der Waals surface area contributed by atoms with Gasteiger partial charge in [-0.25, -0.2) is 4.79 Å². The first-order valence-electron chi connectivity index (χ1n) is 5.62. The van der Waals surface area contributed by atoms with E-state index in [1.807, 2.05) is 0 Å². The van der Waals surface area contributed by atoms with E-state index in [9.17, 15) is 14.7 Å². The molecule has 122 valence electrons. The third-order valence-corrected chi connectivity index (χ3v) is 5.64. The first-order chi connectivity index (χ1) is 11.0. The van der Waals surface area contributed by atoms with Crippen molar-refractivity contribution >= 4 is 80.2 Å². The Kier molecular flexibility index (Phi) is 5.30. The Morgan fingerprint density at radius 2 is 2.04 bits per heavy atom. The average Bonchev–Trinajstić information content (AvgIpc) is 3.22. The van der Waals surface area contributed by atoms with Crippen molar-refractivity contribution in [2.24, 2.45) is 10.2 Å². The van der Waals surface area contributed by atoms with Crippen LogP contribution in [-0.2, 0) is 8.37 Å². The van der Waals surface area contributed by atoms with Crippen molar-refractivity contribution in [2.75, 3.05) is 6.61 Å². The second kappa shape index (κ2) is 7.09. The number of hydrogen-bond donors (Lipinski definition) is 1. The van der Waals surface area contributed by atoms with E-state index in [1.54, 1.807) is 22.9 Å². The van der Waals surface area contributed by atoms with E-state index in [0.717, 1.165) is 29.2 Å². The average molecular weight is 582 g/mol. The zero-order chi connectivity index (χ0) is 16.6. The van der Waals surface area contributed by atoms with Gasteiger partial charge < -0.3 is 5.11 Å². The van der Waals surface area contributed by atoms with Gasteiger partial charge in [-0.3, -0.25) is 13.2 Å². The number of hydrogen-bond acceptors (Lipinski definition) is 11. The summed E-state index contributed by atoms with van der Waals surface area (Å²) in [6.45, 7) is 0.344. The molecule has 1 N–H and O–H groups in total. The highest BCUT2D eigenvalue weighted by Crippen LogP contribution is 2.35. The highest BCUT2D eigenvalue weighted by Gasteiger charge is 2.24. The Labute approximate surface area is 163 Å². The summed E-state index contributed by atoms with van der Waals surface area (Å²) in [6, 6.07) is 0. The van der Waals surface area contributed by atoms with E-state index in [2.05, 4.69) is 20.4 Å². The standard InChI is InChI=1S/C8H4I2N6O5S2/c9-15-5(17)3(6(18)16(10)8(15)19)11-13-7-14-12-4(22-7)2-1-20-23-21-2/h2,17H,1H2. The molecule has 2 aromatic rings. The topological polar surface area (TPSA) is 133 Å². The molecule has 2 aromatic heterocycles. The van der Waals surface area contributed by atoms with E-state index in [0.29, 0.717) is 11.6 Å². The smallest absolute Gasteiger partial charge is 0.352 e. The maximum absolute atomic E-state index is 12.0. The number of nitrogens with zero attached hydrogens (tertiary/aromatic N) is 6. The van der Waals surface area contributed by atoms with Gasteiger partial charge in [0.25, 0.3) is 10.7 Å². The zero-order valence-electron chi connectivity index (χ0n) is 10.6. The van der Waals surface area contributed by atoms with Crippen molar-refractivity contribution in [2.45, 2.75) is 6.10 Å². The molecule has 1 fully saturated rings. The monoisotopic (exact) mass is 582 g/mol. The van der Waals surface area contributed by atoms with Gasteiger partial charge in [-0.05, 0) is 0 Å². The van der Waals surface area contributed by atoms with Crippen LogP contribution in [0.25, 0.3) is 0 Å². The first-order valence-corrected chi connectivity index (χ1v) is 9.03. The van der Waals surface area contributed by atoms with Crippen LogP contribution in [-0.4, -0.2) is 27.5 Å². The maximum Gasteiger partial charge on any atom is 0.352 e. The molecule has 11 nitrogen and oxygen atoms in total. The van der Waals surface area contributed by atoms with Crippen molar-refractivity contribution in [1.29, 1.82) is 0 Å². The summed E-state index contributed by atoms with van der Waals surface area (Å²) in [5, 5.41) is 25.7. The fraction of sp³-hybridized carbons (Fsp3) is 0.250. The first kappa shape index (κ1) is 17.2. The summed E-state index contributed by atoms with van der Waals surface area (Å²) >= 11 is 5.05. The second-order valence-electron chi connectivity index (χ2n) is 3.88. The Morgan fingerprint density at radius 1 is 1.26 bits per heavy atom. The van der Waals surface area contributed by atoms with Crippen LogP contribution >= 0.6 is 69.4 Å². The molecule has 0 amide bonds. The van der Waals surface area contributed by atoms with E-state index >= 15 is 0 Å². The zero-order valence-corrected chi connectivity index (χ0v) is 16.6.